The molecule has 0 spiro atoms. The summed E-state index contributed by atoms with van der Waals surface area (Å²) < 4.78 is 6.38. The number of hydrogen-bond donors (Lipinski definition) is 0. The van der Waals surface area contributed by atoms with Crippen LogP contribution in [0, 0.1) is 5.41 Å². The number of carbonyl (C=O) groups is 1. The Morgan fingerprint density at radius 3 is 3.05 bits per heavy atom. The highest BCUT2D eigenvalue weighted by atomic mass is 32.1. The van der Waals surface area contributed by atoms with E-state index in [1.54, 1.807) is 11.3 Å². The van der Waals surface area contributed by atoms with Crippen LogP contribution in [0.5, 0.6) is 0 Å². The molecule has 106 valence electrons. The summed E-state index contributed by atoms with van der Waals surface area (Å²) in [6.45, 7) is 5.82. The van der Waals surface area contributed by atoms with Crippen molar-refractivity contribution in [2.45, 2.75) is 20.3 Å². The van der Waals surface area contributed by atoms with Gasteiger partial charge in [0, 0.05) is 13.1 Å². The average Bonchev–Trinajstić information content (AvgIpc) is 3.03. The maximum atomic E-state index is 12.1. The fourth-order valence-corrected chi connectivity index (χ4v) is 3.58. The second kappa shape index (κ2) is 5.05. The van der Waals surface area contributed by atoms with Crippen LogP contribution < -0.4 is 4.90 Å². The first kappa shape index (κ1) is 13.4. The Morgan fingerprint density at radius 1 is 1.50 bits per heavy atom. The summed E-state index contributed by atoms with van der Waals surface area (Å²) in [4.78, 5) is 18.9. The van der Waals surface area contributed by atoms with E-state index in [4.69, 9.17) is 4.74 Å². The molecule has 20 heavy (non-hydrogen) atoms. The molecule has 4 nitrogen and oxygen atoms in total. The highest BCUT2D eigenvalue weighted by molar-refractivity contribution is 7.22. The molecule has 0 bridgehead atoms. The fraction of sp³-hybridized carbons (Fsp3) is 0.467. The Hall–Kier alpha value is -1.62. The summed E-state index contributed by atoms with van der Waals surface area (Å²) in [6.07, 6.45) is 0.821. The predicted molar refractivity (Wildman–Crippen MR) is 81.2 cm³/mol. The zero-order valence-corrected chi connectivity index (χ0v) is 12.6. The molecule has 1 atom stereocenters. The Balaban J connectivity index is 1.81. The van der Waals surface area contributed by atoms with Crippen molar-refractivity contribution >= 4 is 32.7 Å². The lowest BCUT2D eigenvalue weighted by molar-refractivity contribution is -0.153. The maximum Gasteiger partial charge on any atom is 0.313 e. The average molecular weight is 290 g/mol. The van der Waals surface area contributed by atoms with Crippen LogP contribution in [0.25, 0.3) is 10.2 Å². The van der Waals surface area contributed by atoms with E-state index >= 15 is 0 Å². The van der Waals surface area contributed by atoms with Crippen molar-refractivity contribution in [2.75, 3.05) is 24.6 Å². The van der Waals surface area contributed by atoms with Gasteiger partial charge in [-0.3, -0.25) is 4.79 Å². The number of carbonyl (C=O) groups excluding carboxylic acids is 1. The van der Waals surface area contributed by atoms with Gasteiger partial charge in [0.2, 0.25) is 0 Å². The van der Waals surface area contributed by atoms with Gasteiger partial charge in [-0.05, 0) is 32.4 Å². The van der Waals surface area contributed by atoms with E-state index in [1.165, 1.54) is 4.70 Å². The molecule has 2 aromatic rings. The van der Waals surface area contributed by atoms with Crippen LogP contribution in [0.3, 0.4) is 0 Å². The molecule has 2 heterocycles. The second-order valence-corrected chi connectivity index (χ2v) is 6.43. The van der Waals surface area contributed by atoms with E-state index in [9.17, 15) is 4.79 Å². The molecule has 0 radical (unpaired) electrons. The molecule has 1 saturated heterocycles. The summed E-state index contributed by atoms with van der Waals surface area (Å²) >= 11 is 1.68. The quantitative estimate of drug-likeness (QED) is 0.815. The largest absolute Gasteiger partial charge is 0.466 e. The summed E-state index contributed by atoms with van der Waals surface area (Å²) in [6, 6.07) is 8.13. The third-order valence-electron chi connectivity index (χ3n) is 3.79. The van der Waals surface area contributed by atoms with Crippen molar-refractivity contribution in [3.8, 4) is 0 Å². The highest BCUT2D eigenvalue weighted by Gasteiger charge is 2.42. The molecule has 1 aromatic carbocycles. The van der Waals surface area contributed by atoms with E-state index in [2.05, 4.69) is 16.0 Å². The fourth-order valence-electron chi connectivity index (χ4n) is 2.59. The third-order valence-corrected chi connectivity index (χ3v) is 4.89. The monoisotopic (exact) mass is 290 g/mol. The Kier molecular flexibility index (Phi) is 3.38. The van der Waals surface area contributed by atoms with E-state index in [0.717, 1.165) is 23.6 Å². The van der Waals surface area contributed by atoms with Crippen LogP contribution >= 0.6 is 11.3 Å². The zero-order chi connectivity index (χ0) is 14.2. The van der Waals surface area contributed by atoms with Crippen molar-refractivity contribution < 1.29 is 9.53 Å². The van der Waals surface area contributed by atoms with Crippen LogP contribution in [0.15, 0.2) is 24.3 Å². The number of nitrogens with zero attached hydrogens (tertiary/aromatic N) is 2. The molecule has 0 aliphatic carbocycles. The van der Waals surface area contributed by atoms with Crippen molar-refractivity contribution in [2.24, 2.45) is 5.41 Å². The number of hydrogen-bond acceptors (Lipinski definition) is 5. The zero-order valence-electron chi connectivity index (χ0n) is 11.8. The minimum absolute atomic E-state index is 0.0939. The second-order valence-electron chi connectivity index (χ2n) is 5.42. The molecule has 1 aromatic heterocycles. The Morgan fingerprint density at radius 2 is 2.30 bits per heavy atom. The predicted octanol–water partition coefficient (Wildman–Crippen LogP) is 3.08. The molecule has 1 unspecified atom stereocenters. The molecule has 1 aliphatic heterocycles. The first-order valence-electron chi connectivity index (χ1n) is 6.90. The third kappa shape index (κ3) is 2.26. The maximum absolute atomic E-state index is 12.1. The lowest BCUT2D eigenvalue weighted by atomic mass is 9.90. The van der Waals surface area contributed by atoms with E-state index < -0.39 is 5.41 Å². The number of anilines is 1. The molecular weight excluding hydrogens is 272 g/mol. The van der Waals surface area contributed by atoms with Crippen LogP contribution in [0.1, 0.15) is 20.3 Å². The normalized spacial score (nSPS) is 22.4. The van der Waals surface area contributed by atoms with Gasteiger partial charge in [-0.25, -0.2) is 4.98 Å². The van der Waals surface area contributed by atoms with Gasteiger partial charge in [-0.1, -0.05) is 23.5 Å². The van der Waals surface area contributed by atoms with E-state index in [1.807, 2.05) is 32.0 Å². The smallest absolute Gasteiger partial charge is 0.313 e. The van der Waals surface area contributed by atoms with Crippen molar-refractivity contribution in [1.82, 2.24) is 4.98 Å². The summed E-state index contributed by atoms with van der Waals surface area (Å²) in [5.74, 6) is -0.0939. The van der Waals surface area contributed by atoms with Crippen molar-refractivity contribution in [1.29, 1.82) is 0 Å². The molecule has 1 aliphatic rings. The number of thiazole rings is 1. The van der Waals surface area contributed by atoms with Gasteiger partial charge >= 0.3 is 5.97 Å². The summed E-state index contributed by atoms with van der Waals surface area (Å²) in [7, 11) is 0. The number of ether oxygens (including phenoxy) is 1. The van der Waals surface area contributed by atoms with Crippen LogP contribution in [-0.4, -0.2) is 30.6 Å². The molecule has 0 N–H and O–H groups in total. The Bertz CT molecular complexity index is 607. The lowest BCUT2D eigenvalue weighted by Crippen LogP contribution is -2.33. The van der Waals surface area contributed by atoms with Crippen molar-refractivity contribution in [3.05, 3.63) is 24.3 Å². The number of esters is 1. The standard InChI is InChI=1S/C15H18N2O2S/c1-3-19-13(18)15(2)8-9-17(10-15)14-16-11-6-4-5-7-12(11)20-14/h4-7H,3,8-10H2,1-2H3. The van der Waals surface area contributed by atoms with Crippen LogP contribution in [-0.2, 0) is 9.53 Å². The first-order valence-corrected chi connectivity index (χ1v) is 7.72. The molecular formula is C15H18N2O2S. The number of para-hydroxylation sites is 1. The van der Waals surface area contributed by atoms with Gasteiger partial charge in [0.1, 0.15) is 0 Å². The SMILES string of the molecule is CCOC(=O)C1(C)CCN(c2nc3ccccc3s2)C1. The summed E-state index contributed by atoms with van der Waals surface area (Å²) in [5.41, 5.74) is 0.616. The highest BCUT2D eigenvalue weighted by Crippen LogP contribution is 2.37. The van der Waals surface area contributed by atoms with Gasteiger partial charge in [0.15, 0.2) is 5.13 Å². The lowest BCUT2D eigenvalue weighted by Gasteiger charge is -2.22. The molecule has 5 heteroatoms. The van der Waals surface area contributed by atoms with E-state index in [0.29, 0.717) is 13.2 Å². The minimum Gasteiger partial charge on any atom is -0.466 e. The van der Waals surface area contributed by atoms with Gasteiger partial charge < -0.3 is 9.64 Å². The topological polar surface area (TPSA) is 42.4 Å². The molecule has 3 rings (SSSR count). The van der Waals surface area contributed by atoms with Gasteiger partial charge in [-0.2, -0.15) is 0 Å². The Labute approximate surface area is 122 Å². The molecule has 0 amide bonds. The first-order chi connectivity index (χ1) is 9.62. The molecule has 0 saturated carbocycles. The van der Waals surface area contributed by atoms with Gasteiger partial charge in [0.05, 0.1) is 22.2 Å². The van der Waals surface area contributed by atoms with Crippen LogP contribution in [0.2, 0.25) is 0 Å². The minimum atomic E-state index is -0.409. The number of rotatable bonds is 3. The summed E-state index contributed by atoms with van der Waals surface area (Å²) in [5, 5.41) is 0.999. The number of aromatic nitrogens is 1. The number of benzene rings is 1. The van der Waals surface area contributed by atoms with E-state index in [-0.39, 0.29) is 5.97 Å². The van der Waals surface area contributed by atoms with Gasteiger partial charge in [0.25, 0.3) is 0 Å². The molecule has 1 fully saturated rings. The van der Waals surface area contributed by atoms with Crippen molar-refractivity contribution in [3.63, 3.8) is 0 Å². The van der Waals surface area contributed by atoms with Crippen LogP contribution in [0.4, 0.5) is 5.13 Å². The number of fused-ring (bicyclic) bond motifs is 1. The van der Waals surface area contributed by atoms with Gasteiger partial charge in [-0.15, -0.1) is 0 Å².